The first-order chi connectivity index (χ1) is 17.6. The lowest BCUT2D eigenvalue weighted by Crippen LogP contribution is -2.12. The summed E-state index contributed by atoms with van der Waals surface area (Å²) in [6.45, 7) is 1.33. The van der Waals surface area contributed by atoms with Gasteiger partial charge in [0, 0.05) is 17.5 Å². The Morgan fingerprint density at radius 2 is 1.76 bits per heavy atom. The van der Waals surface area contributed by atoms with Crippen molar-refractivity contribution in [2.45, 2.75) is 45.3 Å². The lowest BCUT2D eigenvalue weighted by atomic mass is 10.0. The minimum atomic E-state index is -4.55. The highest BCUT2D eigenvalue weighted by atomic mass is 19.4. The third-order valence-electron chi connectivity index (χ3n) is 6.35. The van der Waals surface area contributed by atoms with Crippen molar-refractivity contribution in [1.29, 1.82) is 0 Å². The van der Waals surface area contributed by atoms with Crippen LogP contribution in [0.4, 0.5) is 13.2 Å². The Morgan fingerprint density at radius 3 is 2.43 bits per heavy atom. The Balaban J connectivity index is 2.04. The number of fused-ring (bicyclic) bond motifs is 3. The van der Waals surface area contributed by atoms with Crippen molar-refractivity contribution in [2.75, 3.05) is 6.61 Å². The molecular formula is C28H27F3N2O4. The maximum atomic E-state index is 13.8. The van der Waals surface area contributed by atoms with E-state index in [1.165, 1.54) is 18.2 Å². The number of aryl methyl sites for hydroxylation is 1. The van der Waals surface area contributed by atoms with Gasteiger partial charge in [0.15, 0.2) is 6.61 Å². The Labute approximate surface area is 211 Å². The largest absolute Gasteiger partial charge is 0.481 e. The summed E-state index contributed by atoms with van der Waals surface area (Å²) < 4.78 is 48.8. The zero-order chi connectivity index (χ0) is 26.7. The number of nitrogens with zero attached hydrogens (tertiary/aromatic N) is 1. The van der Waals surface area contributed by atoms with E-state index in [-0.39, 0.29) is 23.4 Å². The van der Waals surface area contributed by atoms with Crippen LogP contribution >= 0.6 is 0 Å². The van der Waals surface area contributed by atoms with Crippen LogP contribution in [0.3, 0.4) is 0 Å². The lowest BCUT2D eigenvalue weighted by Gasteiger charge is -2.15. The number of hydrogen-bond acceptors (Lipinski definition) is 3. The molecule has 3 N–H and O–H groups in total. The van der Waals surface area contributed by atoms with Crippen molar-refractivity contribution in [3.8, 4) is 5.75 Å². The fourth-order valence-electron chi connectivity index (χ4n) is 4.74. The molecule has 9 heteroatoms. The number of aliphatic carboxylic acids is 1. The molecule has 0 aliphatic carbocycles. The first kappa shape index (κ1) is 26.1. The Morgan fingerprint density at radius 1 is 1.00 bits per heavy atom. The van der Waals surface area contributed by atoms with Crippen LogP contribution < -0.4 is 10.5 Å². The molecule has 0 bridgehead atoms. The van der Waals surface area contributed by atoms with Crippen LogP contribution in [-0.4, -0.2) is 28.2 Å². The highest BCUT2D eigenvalue weighted by Gasteiger charge is 2.33. The van der Waals surface area contributed by atoms with Gasteiger partial charge in [0.05, 0.1) is 22.0 Å². The lowest BCUT2D eigenvalue weighted by molar-refractivity contribution is -0.139. The van der Waals surface area contributed by atoms with E-state index in [1.54, 1.807) is 28.8 Å². The number of alkyl halides is 3. The molecule has 6 nitrogen and oxygen atoms in total. The van der Waals surface area contributed by atoms with E-state index in [9.17, 15) is 27.9 Å². The van der Waals surface area contributed by atoms with Gasteiger partial charge in [-0.3, -0.25) is 4.79 Å². The second-order valence-electron chi connectivity index (χ2n) is 8.93. The molecule has 0 radical (unpaired) electrons. The summed E-state index contributed by atoms with van der Waals surface area (Å²) in [6.07, 6.45) is -1.01. The third kappa shape index (κ3) is 5.40. The molecule has 0 aliphatic rings. The van der Waals surface area contributed by atoms with Gasteiger partial charge < -0.3 is 20.1 Å². The number of amides is 1. The van der Waals surface area contributed by atoms with Gasteiger partial charge in [-0.15, -0.1) is 0 Å². The van der Waals surface area contributed by atoms with Crippen LogP contribution in [0.1, 0.15) is 53.2 Å². The number of halogens is 3. The van der Waals surface area contributed by atoms with Crippen LogP contribution in [0.2, 0.25) is 0 Å². The van der Waals surface area contributed by atoms with Crippen LogP contribution in [0.15, 0.2) is 54.6 Å². The number of carbonyl (C=O) groups excluding carboxylic acids is 1. The average molecular weight is 513 g/mol. The number of carboxylic acids is 1. The van der Waals surface area contributed by atoms with E-state index in [1.807, 2.05) is 6.07 Å². The fourth-order valence-corrected chi connectivity index (χ4v) is 4.74. The summed E-state index contributed by atoms with van der Waals surface area (Å²) in [4.78, 5) is 23.7. The van der Waals surface area contributed by atoms with E-state index in [0.29, 0.717) is 28.2 Å². The first-order valence-corrected chi connectivity index (χ1v) is 12.0. The maximum absolute atomic E-state index is 13.8. The minimum Gasteiger partial charge on any atom is -0.481 e. The van der Waals surface area contributed by atoms with E-state index >= 15 is 0 Å². The molecule has 0 unspecified atom stereocenters. The SMILES string of the molecule is CCCCCc1cc(OCC(=O)O)c2c3c(C(N)=O)cccc3n(Cc3ccccc3C(F)(F)F)c2c1. The summed E-state index contributed by atoms with van der Waals surface area (Å²) in [7, 11) is 0. The average Bonchev–Trinajstić information content (AvgIpc) is 3.16. The molecule has 1 amide bonds. The minimum absolute atomic E-state index is 0.0580. The molecule has 0 fully saturated rings. The molecule has 3 aromatic carbocycles. The van der Waals surface area contributed by atoms with Gasteiger partial charge in [-0.05, 0) is 54.3 Å². The van der Waals surface area contributed by atoms with Gasteiger partial charge in [0.1, 0.15) is 5.75 Å². The molecule has 0 atom stereocenters. The van der Waals surface area contributed by atoms with Crippen molar-refractivity contribution in [3.05, 3.63) is 76.9 Å². The number of ether oxygens (including phenoxy) is 1. The van der Waals surface area contributed by atoms with Gasteiger partial charge in [-0.1, -0.05) is 44.0 Å². The molecule has 4 aromatic rings. The van der Waals surface area contributed by atoms with Crippen molar-refractivity contribution in [3.63, 3.8) is 0 Å². The zero-order valence-corrected chi connectivity index (χ0v) is 20.3. The Kier molecular flexibility index (Phi) is 7.42. The van der Waals surface area contributed by atoms with Crippen LogP contribution in [-0.2, 0) is 23.9 Å². The van der Waals surface area contributed by atoms with Gasteiger partial charge in [0.25, 0.3) is 0 Å². The quantitative estimate of drug-likeness (QED) is 0.249. The number of hydrogen-bond donors (Lipinski definition) is 2. The number of nitrogens with two attached hydrogens (primary N) is 1. The standard InChI is InChI=1S/C28H27F3N2O4/c1-2-3-4-8-17-13-22-26(23(14-17)37-16-24(34)35)25-19(27(32)36)10-7-12-21(25)33(22)15-18-9-5-6-11-20(18)28(29,30)31/h5-7,9-14H,2-4,8,15-16H2,1H3,(H2,32,36)(H,34,35). The van der Waals surface area contributed by atoms with Gasteiger partial charge in [-0.2, -0.15) is 13.2 Å². The number of benzene rings is 3. The molecule has 0 saturated heterocycles. The number of rotatable bonds is 10. The molecule has 1 aromatic heterocycles. The Hall–Kier alpha value is -4.01. The normalized spacial score (nSPS) is 11.8. The van der Waals surface area contributed by atoms with Crippen molar-refractivity contribution >= 4 is 33.7 Å². The summed E-state index contributed by atoms with van der Waals surface area (Å²) >= 11 is 0. The molecule has 0 spiro atoms. The van der Waals surface area contributed by atoms with Crippen LogP contribution in [0.25, 0.3) is 21.8 Å². The molecule has 0 saturated carbocycles. The van der Waals surface area contributed by atoms with E-state index < -0.39 is 30.2 Å². The predicted molar refractivity (Wildman–Crippen MR) is 135 cm³/mol. The third-order valence-corrected chi connectivity index (χ3v) is 6.35. The molecule has 194 valence electrons. The highest BCUT2D eigenvalue weighted by molar-refractivity contribution is 6.20. The number of aromatic nitrogens is 1. The summed E-state index contributed by atoms with van der Waals surface area (Å²) in [6, 6.07) is 13.8. The summed E-state index contributed by atoms with van der Waals surface area (Å²) in [5.74, 6) is -1.65. The van der Waals surface area contributed by atoms with Gasteiger partial charge >= 0.3 is 12.1 Å². The first-order valence-electron chi connectivity index (χ1n) is 12.0. The number of unbranched alkanes of at least 4 members (excludes halogenated alkanes) is 2. The van der Waals surface area contributed by atoms with Crippen molar-refractivity contribution < 1.29 is 32.6 Å². The number of primary amides is 1. The van der Waals surface area contributed by atoms with Crippen molar-refractivity contribution in [1.82, 2.24) is 4.57 Å². The summed E-state index contributed by atoms with van der Waals surface area (Å²) in [5, 5.41) is 10.1. The maximum Gasteiger partial charge on any atom is 0.416 e. The zero-order valence-electron chi connectivity index (χ0n) is 20.3. The van der Waals surface area contributed by atoms with Crippen LogP contribution in [0.5, 0.6) is 5.75 Å². The molecular weight excluding hydrogens is 485 g/mol. The molecule has 4 rings (SSSR count). The number of carbonyl (C=O) groups is 2. The topological polar surface area (TPSA) is 94.6 Å². The molecule has 0 aliphatic heterocycles. The van der Waals surface area contributed by atoms with E-state index in [0.717, 1.165) is 30.9 Å². The number of carboxylic acid groups (broad SMARTS) is 1. The predicted octanol–water partition coefficient (Wildman–Crippen LogP) is 6.16. The summed E-state index contributed by atoms with van der Waals surface area (Å²) in [5.41, 5.74) is 7.03. The van der Waals surface area contributed by atoms with E-state index in [4.69, 9.17) is 10.5 Å². The second kappa shape index (κ2) is 10.5. The smallest absolute Gasteiger partial charge is 0.416 e. The monoisotopic (exact) mass is 512 g/mol. The van der Waals surface area contributed by atoms with E-state index in [2.05, 4.69) is 6.92 Å². The van der Waals surface area contributed by atoms with Crippen LogP contribution in [0, 0.1) is 0 Å². The molecule has 37 heavy (non-hydrogen) atoms. The molecule has 1 heterocycles. The Bertz CT molecular complexity index is 1470. The van der Waals surface area contributed by atoms with Crippen molar-refractivity contribution in [2.24, 2.45) is 5.73 Å². The highest BCUT2D eigenvalue weighted by Crippen LogP contribution is 2.40. The fraction of sp³-hybridized carbons (Fsp3) is 0.286. The second-order valence-corrected chi connectivity index (χ2v) is 8.93. The van der Waals surface area contributed by atoms with Gasteiger partial charge in [0.2, 0.25) is 5.91 Å². The van der Waals surface area contributed by atoms with Gasteiger partial charge in [-0.25, -0.2) is 4.79 Å².